The molecule has 1 aliphatic rings. The maximum Gasteiger partial charge on any atom is 0.251 e. The second-order valence-electron chi connectivity index (χ2n) is 8.57. The number of oxazole rings is 1. The Morgan fingerprint density at radius 2 is 2.00 bits per heavy atom. The van der Waals surface area contributed by atoms with Gasteiger partial charge in [0.2, 0.25) is 11.8 Å². The first kappa shape index (κ1) is 21.4. The first-order chi connectivity index (χ1) is 16.1. The number of nitrogens with zero attached hydrogens (tertiary/aromatic N) is 5. The Labute approximate surface area is 192 Å². The highest BCUT2D eigenvalue weighted by atomic mass is 16.4. The number of amides is 1. The first-order valence-corrected chi connectivity index (χ1v) is 11.5. The molecule has 0 aliphatic carbocycles. The lowest BCUT2D eigenvalue weighted by Gasteiger charge is -2.25. The average Bonchev–Trinajstić information content (AvgIpc) is 3.45. The van der Waals surface area contributed by atoms with Crippen molar-refractivity contribution in [3.8, 4) is 11.5 Å². The van der Waals surface area contributed by atoms with E-state index < -0.39 is 0 Å². The van der Waals surface area contributed by atoms with E-state index in [-0.39, 0.29) is 5.91 Å². The number of piperidine rings is 1. The second-order valence-corrected chi connectivity index (χ2v) is 8.57. The smallest absolute Gasteiger partial charge is 0.251 e. The highest BCUT2D eigenvalue weighted by molar-refractivity contribution is 6.03. The summed E-state index contributed by atoms with van der Waals surface area (Å²) < 4.78 is 7.94. The highest BCUT2D eigenvalue weighted by Gasteiger charge is 2.18. The Balaban J connectivity index is 1.31. The minimum atomic E-state index is 0.0789. The van der Waals surface area contributed by atoms with Crippen molar-refractivity contribution < 1.29 is 9.21 Å². The third-order valence-electron chi connectivity index (χ3n) is 6.21. The molecule has 5 rings (SSSR count). The summed E-state index contributed by atoms with van der Waals surface area (Å²) in [4.78, 5) is 28.4. The molecule has 3 aromatic heterocycles. The summed E-state index contributed by atoms with van der Waals surface area (Å²) in [6.45, 7) is 3.52. The summed E-state index contributed by atoms with van der Waals surface area (Å²) in [6.07, 6.45) is 6.06. The number of hydrogen-bond acceptors (Lipinski definition) is 7. The van der Waals surface area contributed by atoms with Gasteiger partial charge in [-0.25, -0.2) is 9.97 Å². The van der Waals surface area contributed by atoms with Crippen LogP contribution in [0.4, 0.5) is 5.82 Å². The van der Waals surface area contributed by atoms with Gasteiger partial charge in [-0.3, -0.25) is 4.79 Å². The molecule has 0 bridgehead atoms. The van der Waals surface area contributed by atoms with Gasteiger partial charge in [-0.15, -0.1) is 0 Å². The normalized spacial score (nSPS) is 14.7. The molecule has 2 N–H and O–H groups in total. The molecule has 1 amide bonds. The maximum absolute atomic E-state index is 12.3. The van der Waals surface area contributed by atoms with Gasteiger partial charge in [0.25, 0.3) is 5.71 Å². The number of imidazole rings is 1. The number of likely N-dealkylation sites (tertiary alicyclic amines) is 1. The highest BCUT2D eigenvalue weighted by Crippen LogP contribution is 2.31. The van der Waals surface area contributed by atoms with Crippen LogP contribution in [0.15, 0.2) is 35.0 Å². The summed E-state index contributed by atoms with van der Waals surface area (Å²) in [7, 11) is 3.74. The fraction of sp³-hybridized carbons (Fsp3) is 0.417. The van der Waals surface area contributed by atoms with Crippen molar-refractivity contribution in [1.29, 1.82) is 0 Å². The first-order valence-electron chi connectivity index (χ1n) is 11.5. The van der Waals surface area contributed by atoms with Crippen LogP contribution in [-0.4, -0.2) is 57.0 Å². The van der Waals surface area contributed by atoms with Crippen LogP contribution in [0, 0.1) is 0 Å². The molecule has 0 saturated carbocycles. The number of pyridine rings is 1. The van der Waals surface area contributed by atoms with Crippen LogP contribution in [0.2, 0.25) is 0 Å². The zero-order valence-electron chi connectivity index (χ0n) is 19.1. The van der Waals surface area contributed by atoms with Gasteiger partial charge in [-0.2, -0.15) is 4.98 Å². The van der Waals surface area contributed by atoms with Crippen molar-refractivity contribution in [3.63, 3.8) is 0 Å². The predicted octanol–water partition coefficient (Wildman–Crippen LogP) is 3.31. The molecule has 0 unspecified atom stereocenters. The van der Waals surface area contributed by atoms with E-state index >= 15 is 0 Å². The van der Waals surface area contributed by atoms with E-state index in [1.54, 1.807) is 6.33 Å². The molecule has 172 valence electrons. The molecule has 1 saturated heterocycles. The molecule has 1 aliphatic heterocycles. The zero-order valence-corrected chi connectivity index (χ0v) is 19.1. The van der Waals surface area contributed by atoms with E-state index in [0.717, 1.165) is 41.8 Å². The minimum absolute atomic E-state index is 0.0789. The quantitative estimate of drug-likeness (QED) is 0.448. The maximum atomic E-state index is 12.3. The SMILES string of the molecule is CNc1nc2oc(-c3cccc(CNC(=O)CCN4CCCCC4)c3)nc2c2c1ncn2C. The van der Waals surface area contributed by atoms with Gasteiger partial charge in [0.15, 0.2) is 11.3 Å². The number of hydrogen-bond donors (Lipinski definition) is 2. The molecule has 4 aromatic rings. The van der Waals surface area contributed by atoms with Crippen LogP contribution >= 0.6 is 0 Å². The van der Waals surface area contributed by atoms with E-state index in [9.17, 15) is 4.79 Å². The van der Waals surface area contributed by atoms with Crippen LogP contribution < -0.4 is 10.6 Å². The zero-order chi connectivity index (χ0) is 22.8. The molecule has 1 aromatic carbocycles. The van der Waals surface area contributed by atoms with Gasteiger partial charge in [0.1, 0.15) is 11.0 Å². The van der Waals surface area contributed by atoms with Crippen molar-refractivity contribution in [1.82, 2.24) is 29.7 Å². The lowest BCUT2D eigenvalue weighted by molar-refractivity contribution is -0.121. The lowest BCUT2D eigenvalue weighted by Crippen LogP contribution is -2.34. The topological polar surface area (TPSA) is 101 Å². The largest absolute Gasteiger partial charge is 0.418 e. The van der Waals surface area contributed by atoms with E-state index in [1.165, 1.54) is 19.3 Å². The molecule has 0 radical (unpaired) electrons. The molecule has 33 heavy (non-hydrogen) atoms. The summed E-state index contributed by atoms with van der Waals surface area (Å²) >= 11 is 0. The molecule has 0 spiro atoms. The standard InChI is InChI=1S/C24H29N7O2/c1-25-22-19-21(30(2)15-27-19)20-24(29-22)33-23(28-20)17-8-6-7-16(13-17)14-26-18(32)9-12-31-10-4-3-5-11-31/h6-8,13,15H,3-5,9-12,14H2,1-2H3,(H,25,29)(H,26,32). The van der Waals surface area contributed by atoms with Gasteiger partial charge in [-0.05, 0) is 43.6 Å². The number of fused-ring (bicyclic) bond motifs is 3. The van der Waals surface area contributed by atoms with Gasteiger partial charge >= 0.3 is 0 Å². The van der Waals surface area contributed by atoms with Crippen LogP contribution in [0.3, 0.4) is 0 Å². The third-order valence-corrected chi connectivity index (χ3v) is 6.21. The van der Waals surface area contributed by atoms with Crippen molar-refractivity contribution in [2.24, 2.45) is 7.05 Å². The number of aromatic nitrogens is 4. The molecule has 0 atom stereocenters. The van der Waals surface area contributed by atoms with Crippen molar-refractivity contribution in [2.75, 3.05) is 32.0 Å². The van der Waals surface area contributed by atoms with E-state index in [2.05, 4.69) is 25.5 Å². The molecular formula is C24H29N7O2. The number of rotatable bonds is 7. The van der Waals surface area contributed by atoms with Crippen molar-refractivity contribution in [3.05, 3.63) is 36.2 Å². The Bertz CT molecular complexity index is 1290. The number of carbonyl (C=O) groups excluding carboxylic acids is 1. The van der Waals surface area contributed by atoms with Gasteiger partial charge in [0.05, 0.1) is 6.33 Å². The molecule has 4 heterocycles. The Morgan fingerprint density at radius 1 is 1.15 bits per heavy atom. The molecule has 9 nitrogen and oxygen atoms in total. The number of carbonyl (C=O) groups is 1. The van der Waals surface area contributed by atoms with Gasteiger partial charge in [-0.1, -0.05) is 18.6 Å². The Kier molecular flexibility index (Phi) is 5.95. The molecule has 1 fully saturated rings. The Morgan fingerprint density at radius 3 is 2.82 bits per heavy atom. The Hall–Kier alpha value is -3.46. The van der Waals surface area contributed by atoms with Crippen LogP contribution in [-0.2, 0) is 18.4 Å². The van der Waals surface area contributed by atoms with E-state index in [1.807, 2.05) is 42.9 Å². The van der Waals surface area contributed by atoms with E-state index in [4.69, 9.17) is 9.40 Å². The average molecular weight is 448 g/mol. The van der Waals surface area contributed by atoms with Crippen LogP contribution in [0.25, 0.3) is 33.7 Å². The number of benzene rings is 1. The second kappa shape index (κ2) is 9.19. The number of anilines is 1. The summed E-state index contributed by atoms with van der Waals surface area (Å²) in [5.41, 5.74) is 4.60. The lowest BCUT2D eigenvalue weighted by atomic mass is 10.1. The summed E-state index contributed by atoms with van der Waals surface area (Å²) in [5, 5.41) is 6.11. The number of nitrogens with one attached hydrogen (secondary N) is 2. The summed E-state index contributed by atoms with van der Waals surface area (Å²) in [5.74, 6) is 1.23. The molecular weight excluding hydrogens is 418 g/mol. The third kappa shape index (κ3) is 4.41. The van der Waals surface area contributed by atoms with Crippen LogP contribution in [0.1, 0.15) is 31.2 Å². The van der Waals surface area contributed by atoms with Gasteiger partial charge in [0, 0.05) is 39.2 Å². The van der Waals surface area contributed by atoms with Crippen molar-refractivity contribution in [2.45, 2.75) is 32.2 Å². The van der Waals surface area contributed by atoms with Crippen molar-refractivity contribution >= 4 is 34.0 Å². The van der Waals surface area contributed by atoms with Gasteiger partial charge < -0.3 is 24.5 Å². The summed E-state index contributed by atoms with van der Waals surface area (Å²) in [6, 6.07) is 7.89. The molecule has 9 heteroatoms. The fourth-order valence-electron chi connectivity index (χ4n) is 4.42. The predicted molar refractivity (Wildman–Crippen MR) is 128 cm³/mol. The van der Waals surface area contributed by atoms with Crippen LogP contribution in [0.5, 0.6) is 0 Å². The minimum Gasteiger partial charge on any atom is -0.418 e. The number of aryl methyl sites for hydroxylation is 1. The fourth-order valence-corrected chi connectivity index (χ4v) is 4.42. The monoisotopic (exact) mass is 447 g/mol. The van der Waals surface area contributed by atoms with E-state index in [0.29, 0.717) is 35.9 Å².